The fourth-order valence-corrected chi connectivity index (χ4v) is 1.70. The van der Waals surface area contributed by atoms with Gasteiger partial charge in [-0.3, -0.25) is 4.79 Å². The zero-order valence-electron chi connectivity index (χ0n) is 10.3. The summed E-state index contributed by atoms with van der Waals surface area (Å²) in [7, 11) is 0. The molecular weight excluding hydrogens is 245 g/mol. The number of hydrogen-bond acceptors (Lipinski definition) is 2. The quantitative estimate of drug-likeness (QED) is 0.905. The molecule has 0 spiro atoms. The SMILES string of the molecule is CCCCc1cc(C(N)=O)c(C)nc1C(F)(F)F. The molecule has 1 amide bonds. The van der Waals surface area contributed by atoms with E-state index < -0.39 is 17.8 Å². The van der Waals surface area contributed by atoms with Crippen molar-refractivity contribution in [3.63, 3.8) is 0 Å². The maximum Gasteiger partial charge on any atom is 0.433 e. The minimum absolute atomic E-state index is 0.00933. The summed E-state index contributed by atoms with van der Waals surface area (Å²) in [6.07, 6.45) is -2.91. The molecule has 3 nitrogen and oxygen atoms in total. The van der Waals surface area contributed by atoms with Crippen molar-refractivity contribution in [2.75, 3.05) is 0 Å². The van der Waals surface area contributed by atoms with Gasteiger partial charge in [0.15, 0.2) is 0 Å². The van der Waals surface area contributed by atoms with Crippen LogP contribution in [0.5, 0.6) is 0 Å². The normalized spacial score (nSPS) is 11.6. The van der Waals surface area contributed by atoms with Crippen molar-refractivity contribution >= 4 is 5.91 Å². The molecule has 0 aromatic carbocycles. The van der Waals surface area contributed by atoms with Crippen LogP contribution >= 0.6 is 0 Å². The molecule has 0 atom stereocenters. The van der Waals surface area contributed by atoms with Crippen LogP contribution in [0.25, 0.3) is 0 Å². The molecule has 0 aliphatic carbocycles. The van der Waals surface area contributed by atoms with Crippen LogP contribution in [-0.4, -0.2) is 10.9 Å². The van der Waals surface area contributed by atoms with Crippen molar-refractivity contribution in [2.24, 2.45) is 5.73 Å². The maximum atomic E-state index is 12.8. The number of rotatable bonds is 4. The van der Waals surface area contributed by atoms with Crippen molar-refractivity contribution < 1.29 is 18.0 Å². The molecule has 0 aliphatic rings. The Hall–Kier alpha value is -1.59. The van der Waals surface area contributed by atoms with Gasteiger partial charge in [-0.05, 0) is 31.4 Å². The summed E-state index contributed by atoms with van der Waals surface area (Å²) < 4.78 is 38.4. The number of nitrogens with zero attached hydrogens (tertiary/aromatic N) is 1. The summed E-state index contributed by atoms with van der Waals surface area (Å²) >= 11 is 0. The van der Waals surface area contributed by atoms with Gasteiger partial charge in [0.1, 0.15) is 5.69 Å². The molecule has 0 fully saturated rings. The Kier molecular flexibility index (Phi) is 4.32. The van der Waals surface area contributed by atoms with Crippen LogP contribution in [0.15, 0.2) is 6.07 Å². The third kappa shape index (κ3) is 3.21. The smallest absolute Gasteiger partial charge is 0.366 e. The molecule has 0 saturated heterocycles. The van der Waals surface area contributed by atoms with E-state index in [4.69, 9.17) is 5.73 Å². The molecule has 1 heterocycles. The number of halogens is 3. The molecule has 0 radical (unpaired) electrons. The number of unbranched alkanes of at least 4 members (excludes halogenated alkanes) is 1. The predicted molar refractivity (Wildman–Crippen MR) is 61.1 cm³/mol. The van der Waals surface area contributed by atoms with E-state index in [1.54, 1.807) is 0 Å². The third-order valence-electron chi connectivity index (χ3n) is 2.63. The lowest BCUT2D eigenvalue weighted by Gasteiger charge is -2.14. The summed E-state index contributed by atoms with van der Waals surface area (Å²) in [6, 6.07) is 1.21. The number of primary amides is 1. The lowest BCUT2D eigenvalue weighted by atomic mass is 10.0. The molecular formula is C12H15F3N2O. The van der Waals surface area contributed by atoms with Crippen LogP contribution in [-0.2, 0) is 12.6 Å². The van der Waals surface area contributed by atoms with Gasteiger partial charge in [0.05, 0.1) is 11.3 Å². The molecule has 1 aromatic rings. The number of aromatic nitrogens is 1. The Balaban J connectivity index is 3.32. The van der Waals surface area contributed by atoms with E-state index in [0.717, 1.165) is 6.42 Å². The Labute approximate surface area is 103 Å². The van der Waals surface area contributed by atoms with E-state index in [1.165, 1.54) is 13.0 Å². The molecule has 2 N–H and O–H groups in total. The average Bonchev–Trinajstić information content (AvgIpc) is 2.25. The van der Waals surface area contributed by atoms with Gasteiger partial charge in [-0.25, -0.2) is 4.98 Å². The fourth-order valence-electron chi connectivity index (χ4n) is 1.70. The average molecular weight is 260 g/mol. The first-order valence-electron chi connectivity index (χ1n) is 5.64. The lowest BCUT2D eigenvalue weighted by molar-refractivity contribution is -0.141. The highest BCUT2D eigenvalue weighted by atomic mass is 19.4. The van der Waals surface area contributed by atoms with Crippen molar-refractivity contribution in [2.45, 2.75) is 39.3 Å². The monoisotopic (exact) mass is 260 g/mol. The predicted octanol–water partition coefficient (Wildman–Crippen LogP) is 2.85. The number of nitrogens with two attached hydrogens (primary N) is 1. The minimum atomic E-state index is -4.51. The number of amides is 1. The minimum Gasteiger partial charge on any atom is -0.366 e. The van der Waals surface area contributed by atoms with E-state index in [2.05, 4.69) is 4.98 Å². The second-order valence-electron chi connectivity index (χ2n) is 4.09. The van der Waals surface area contributed by atoms with E-state index in [1.807, 2.05) is 6.92 Å². The summed E-state index contributed by atoms with van der Waals surface area (Å²) in [6.45, 7) is 3.23. The largest absolute Gasteiger partial charge is 0.433 e. The number of carbonyl (C=O) groups is 1. The topological polar surface area (TPSA) is 56.0 Å². The van der Waals surface area contributed by atoms with Gasteiger partial charge < -0.3 is 5.73 Å². The Morgan fingerprint density at radius 2 is 2.06 bits per heavy atom. The van der Waals surface area contributed by atoms with Gasteiger partial charge in [0.25, 0.3) is 5.91 Å². The van der Waals surface area contributed by atoms with Crippen LogP contribution < -0.4 is 5.73 Å². The molecule has 0 saturated carbocycles. The first kappa shape index (κ1) is 14.5. The molecule has 0 bridgehead atoms. The number of aryl methyl sites for hydroxylation is 2. The van der Waals surface area contributed by atoms with Crippen LogP contribution in [0.4, 0.5) is 13.2 Å². The second kappa shape index (κ2) is 5.37. The summed E-state index contributed by atoms with van der Waals surface area (Å²) in [5, 5.41) is 0. The van der Waals surface area contributed by atoms with Crippen molar-refractivity contribution in [3.05, 3.63) is 28.6 Å². The van der Waals surface area contributed by atoms with Crippen molar-refractivity contribution in [3.8, 4) is 0 Å². The van der Waals surface area contributed by atoms with Crippen LogP contribution in [0, 0.1) is 6.92 Å². The van der Waals surface area contributed by atoms with E-state index in [9.17, 15) is 18.0 Å². The Morgan fingerprint density at radius 3 is 2.50 bits per heavy atom. The number of alkyl halides is 3. The molecule has 0 unspecified atom stereocenters. The Morgan fingerprint density at radius 1 is 1.44 bits per heavy atom. The van der Waals surface area contributed by atoms with Crippen LogP contribution in [0.2, 0.25) is 0 Å². The maximum absolute atomic E-state index is 12.8. The first-order chi connectivity index (χ1) is 8.27. The zero-order valence-corrected chi connectivity index (χ0v) is 10.3. The molecule has 6 heteroatoms. The van der Waals surface area contributed by atoms with Gasteiger partial charge in [0.2, 0.25) is 0 Å². The van der Waals surface area contributed by atoms with Crippen molar-refractivity contribution in [1.29, 1.82) is 0 Å². The molecule has 0 aliphatic heterocycles. The summed E-state index contributed by atoms with van der Waals surface area (Å²) in [4.78, 5) is 14.6. The highest BCUT2D eigenvalue weighted by molar-refractivity contribution is 5.94. The fraction of sp³-hybridized carbons (Fsp3) is 0.500. The summed E-state index contributed by atoms with van der Waals surface area (Å²) in [5.74, 6) is -0.758. The molecule has 1 aromatic heterocycles. The van der Waals surface area contributed by atoms with Crippen LogP contribution in [0.3, 0.4) is 0 Å². The van der Waals surface area contributed by atoms with Gasteiger partial charge in [0, 0.05) is 0 Å². The van der Waals surface area contributed by atoms with Gasteiger partial charge in [-0.1, -0.05) is 13.3 Å². The number of hydrogen-bond donors (Lipinski definition) is 1. The summed E-state index contributed by atoms with van der Waals surface area (Å²) in [5.41, 5.74) is 4.28. The first-order valence-corrected chi connectivity index (χ1v) is 5.64. The van der Waals surface area contributed by atoms with Gasteiger partial charge in [-0.2, -0.15) is 13.2 Å². The van der Waals surface area contributed by atoms with Gasteiger partial charge in [-0.15, -0.1) is 0 Å². The molecule has 100 valence electrons. The van der Waals surface area contributed by atoms with Crippen molar-refractivity contribution in [1.82, 2.24) is 4.98 Å². The lowest BCUT2D eigenvalue weighted by Crippen LogP contribution is -2.19. The highest BCUT2D eigenvalue weighted by Gasteiger charge is 2.36. The van der Waals surface area contributed by atoms with E-state index in [0.29, 0.717) is 6.42 Å². The molecule has 1 rings (SSSR count). The van der Waals surface area contributed by atoms with E-state index >= 15 is 0 Å². The Bertz CT molecular complexity index is 455. The van der Waals surface area contributed by atoms with Crippen LogP contribution in [0.1, 0.15) is 47.1 Å². The van der Waals surface area contributed by atoms with E-state index in [-0.39, 0.29) is 23.2 Å². The third-order valence-corrected chi connectivity index (χ3v) is 2.63. The molecule has 18 heavy (non-hydrogen) atoms. The number of carbonyl (C=O) groups excluding carboxylic acids is 1. The van der Waals surface area contributed by atoms with Gasteiger partial charge >= 0.3 is 6.18 Å². The standard InChI is InChI=1S/C12H15F3N2O/c1-3-4-5-8-6-9(11(16)18)7(2)17-10(8)12(13,14)15/h6H,3-5H2,1-2H3,(H2,16,18). The zero-order chi connectivity index (χ0) is 13.9. The second-order valence-corrected chi connectivity index (χ2v) is 4.09. The highest BCUT2D eigenvalue weighted by Crippen LogP contribution is 2.32. The number of pyridine rings is 1.